The Morgan fingerprint density at radius 3 is 2.72 bits per heavy atom. The molecule has 0 saturated heterocycles. The molecule has 2 heterocycles. The molecule has 25 heavy (non-hydrogen) atoms. The molecule has 0 bridgehead atoms. The highest BCUT2D eigenvalue weighted by Gasteiger charge is 2.14. The van der Waals surface area contributed by atoms with Crippen molar-refractivity contribution >= 4 is 27.5 Å². The first kappa shape index (κ1) is 17.3. The van der Waals surface area contributed by atoms with Crippen molar-refractivity contribution in [3.8, 4) is 0 Å². The molecular formula is C18H20N4O2S. The highest BCUT2D eigenvalue weighted by molar-refractivity contribution is 7.18. The van der Waals surface area contributed by atoms with E-state index in [1.165, 1.54) is 0 Å². The molecule has 3 rings (SSSR count). The van der Waals surface area contributed by atoms with Gasteiger partial charge in [-0.05, 0) is 32.4 Å². The minimum absolute atomic E-state index is 0.0152. The summed E-state index contributed by atoms with van der Waals surface area (Å²) in [5, 5.41) is 0.906. The molecule has 6 nitrogen and oxygen atoms in total. The molecule has 0 saturated carbocycles. The predicted octanol–water partition coefficient (Wildman–Crippen LogP) is 2.59. The molecule has 0 fully saturated rings. The van der Waals surface area contributed by atoms with Crippen LogP contribution < -0.4 is 5.56 Å². The van der Waals surface area contributed by atoms with Gasteiger partial charge in [-0.25, -0.2) is 9.97 Å². The number of hydrogen-bond donors (Lipinski definition) is 1. The van der Waals surface area contributed by atoms with Crippen molar-refractivity contribution in [2.45, 2.75) is 33.2 Å². The summed E-state index contributed by atoms with van der Waals surface area (Å²) in [5.41, 5.74) is 2.05. The maximum Gasteiger partial charge on any atom is 0.254 e. The van der Waals surface area contributed by atoms with E-state index in [9.17, 15) is 9.59 Å². The Hall–Kier alpha value is -2.54. The lowest BCUT2D eigenvalue weighted by molar-refractivity contribution is -0.130. The number of aryl methyl sites for hydroxylation is 2. The monoisotopic (exact) mass is 356 g/mol. The minimum Gasteiger partial charge on any atom is -0.339 e. The van der Waals surface area contributed by atoms with E-state index in [4.69, 9.17) is 0 Å². The van der Waals surface area contributed by atoms with Crippen LogP contribution in [0.2, 0.25) is 0 Å². The fourth-order valence-corrected chi connectivity index (χ4v) is 3.77. The molecule has 0 aliphatic heterocycles. The third kappa shape index (κ3) is 3.93. The molecule has 0 spiro atoms. The molecule has 0 unspecified atom stereocenters. The molecule has 0 aliphatic rings. The summed E-state index contributed by atoms with van der Waals surface area (Å²) in [6, 6.07) is 7.93. The average molecular weight is 356 g/mol. The number of aromatic amines is 1. The maximum atomic E-state index is 12.4. The van der Waals surface area contributed by atoms with Crippen molar-refractivity contribution in [1.82, 2.24) is 19.9 Å². The fourth-order valence-electron chi connectivity index (χ4n) is 2.75. The number of para-hydroxylation sites is 1. The number of H-pyrrole nitrogens is 1. The van der Waals surface area contributed by atoms with Crippen molar-refractivity contribution < 1.29 is 4.79 Å². The van der Waals surface area contributed by atoms with Crippen LogP contribution in [0.3, 0.4) is 0 Å². The lowest BCUT2D eigenvalue weighted by Crippen LogP contribution is -2.27. The second kappa shape index (κ2) is 7.14. The lowest BCUT2D eigenvalue weighted by Gasteiger charge is -2.15. The van der Waals surface area contributed by atoms with Crippen LogP contribution in [-0.4, -0.2) is 32.8 Å². The second-order valence-corrected chi connectivity index (χ2v) is 7.16. The number of carbonyl (C=O) groups is 1. The molecule has 1 amide bonds. The number of nitrogens with one attached hydrogen (secondary N) is 1. The van der Waals surface area contributed by atoms with Gasteiger partial charge in [0.2, 0.25) is 5.91 Å². The summed E-state index contributed by atoms with van der Waals surface area (Å²) >= 11 is 1.59. The molecule has 0 aliphatic carbocycles. The summed E-state index contributed by atoms with van der Waals surface area (Å²) in [7, 11) is 1.76. The Morgan fingerprint density at radius 1 is 1.24 bits per heavy atom. The number of amides is 1. The Kier molecular flexibility index (Phi) is 4.94. The van der Waals surface area contributed by atoms with E-state index < -0.39 is 0 Å². The summed E-state index contributed by atoms with van der Waals surface area (Å²) < 4.78 is 1.12. The number of thiazole rings is 1. The Labute approximate surface area is 149 Å². The summed E-state index contributed by atoms with van der Waals surface area (Å²) in [6.07, 6.45) is 0.660. The van der Waals surface area contributed by atoms with E-state index in [2.05, 4.69) is 15.0 Å². The van der Waals surface area contributed by atoms with Crippen molar-refractivity contribution in [1.29, 1.82) is 0 Å². The van der Waals surface area contributed by atoms with Crippen LogP contribution in [0.1, 0.15) is 28.5 Å². The van der Waals surface area contributed by atoms with Crippen LogP contribution >= 0.6 is 11.3 Å². The zero-order valence-corrected chi connectivity index (χ0v) is 15.3. The Bertz CT molecular complexity index is 944. The van der Waals surface area contributed by atoms with Crippen molar-refractivity contribution in [2.24, 2.45) is 0 Å². The standard InChI is InChI=1S/C18H20N4O2S/c1-11-13(18(24)20-12(2)19-11)8-9-17(23)22(3)10-16-21-14-6-4-5-7-15(14)25-16/h4-7H,8-10H2,1-3H3,(H,19,20,24). The van der Waals surface area contributed by atoms with Crippen molar-refractivity contribution in [3.05, 3.63) is 56.7 Å². The molecule has 1 N–H and O–H groups in total. The highest BCUT2D eigenvalue weighted by atomic mass is 32.1. The third-order valence-corrected chi connectivity index (χ3v) is 5.09. The summed E-state index contributed by atoms with van der Waals surface area (Å²) in [6.45, 7) is 4.02. The third-order valence-electron chi connectivity index (χ3n) is 4.07. The van der Waals surface area contributed by atoms with Crippen LogP contribution in [-0.2, 0) is 17.8 Å². The summed E-state index contributed by atoms with van der Waals surface area (Å²) in [4.78, 5) is 37.6. The molecule has 3 aromatic rings. The maximum absolute atomic E-state index is 12.4. The first-order chi connectivity index (χ1) is 11.9. The molecule has 130 valence electrons. The van der Waals surface area contributed by atoms with Gasteiger partial charge in [0.05, 0.1) is 16.8 Å². The molecular weight excluding hydrogens is 336 g/mol. The lowest BCUT2D eigenvalue weighted by atomic mass is 10.1. The van der Waals surface area contributed by atoms with Crippen LogP contribution in [0.5, 0.6) is 0 Å². The number of hydrogen-bond acceptors (Lipinski definition) is 5. The van der Waals surface area contributed by atoms with Gasteiger partial charge >= 0.3 is 0 Å². The Balaban J connectivity index is 1.64. The average Bonchev–Trinajstić information content (AvgIpc) is 2.95. The smallest absolute Gasteiger partial charge is 0.254 e. The number of nitrogens with zero attached hydrogens (tertiary/aromatic N) is 3. The predicted molar refractivity (Wildman–Crippen MR) is 98.7 cm³/mol. The van der Waals surface area contributed by atoms with Gasteiger partial charge in [-0.15, -0.1) is 11.3 Å². The van der Waals surface area contributed by atoms with Gasteiger partial charge in [0.1, 0.15) is 10.8 Å². The van der Waals surface area contributed by atoms with Gasteiger partial charge in [-0.1, -0.05) is 12.1 Å². The molecule has 7 heteroatoms. The molecule has 0 atom stereocenters. The quantitative estimate of drug-likeness (QED) is 0.762. The largest absolute Gasteiger partial charge is 0.339 e. The zero-order valence-electron chi connectivity index (χ0n) is 14.5. The van der Waals surface area contributed by atoms with E-state index in [0.29, 0.717) is 30.0 Å². The highest BCUT2D eigenvalue weighted by Crippen LogP contribution is 2.22. The molecule has 0 radical (unpaired) electrons. The normalized spacial score (nSPS) is 11.0. The minimum atomic E-state index is -0.161. The van der Waals surface area contributed by atoms with E-state index >= 15 is 0 Å². The van der Waals surface area contributed by atoms with E-state index in [1.807, 2.05) is 24.3 Å². The van der Waals surface area contributed by atoms with Crippen LogP contribution in [0, 0.1) is 13.8 Å². The van der Waals surface area contributed by atoms with Gasteiger partial charge in [0.25, 0.3) is 5.56 Å². The van der Waals surface area contributed by atoms with Gasteiger partial charge in [0.15, 0.2) is 0 Å². The Morgan fingerprint density at radius 2 is 2.00 bits per heavy atom. The SMILES string of the molecule is Cc1nc(C)c(CCC(=O)N(C)Cc2nc3ccccc3s2)c(=O)[nH]1. The van der Waals surface area contributed by atoms with Crippen molar-refractivity contribution in [3.63, 3.8) is 0 Å². The van der Waals surface area contributed by atoms with Crippen LogP contribution in [0.25, 0.3) is 10.2 Å². The van der Waals surface area contributed by atoms with E-state index in [1.54, 1.807) is 37.1 Å². The number of aromatic nitrogens is 3. The first-order valence-corrected chi connectivity index (χ1v) is 8.90. The topological polar surface area (TPSA) is 79.0 Å². The number of benzene rings is 1. The van der Waals surface area contributed by atoms with Gasteiger partial charge < -0.3 is 9.88 Å². The van der Waals surface area contributed by atoms with E-state index in [-0.39, 0.29) is 17.9 Å². The first-order valence-electron chi connectivity index (χ1n) is 8.09. The van der Waals surface area contributed by atoms with Gasteiger partial charge in [-0.2, -0.15) is 0 Å². The van der Waals surface area contributed by atoms with E-state index in [0.717, 1.165) is 15.2 Å². The fraction of sp³-hybridized carbons (Fsp3) is 0.333. The zero-order chi connectivity index (χ0) is 18.0. The molecule has 1 aromatic carbocycles. The number of carbonyl (C=O) groups excluding carboxylic acids is 1. The van der Waals surface area contributed by atoms with Gasteiger partial charge in [-0.3, -0.25) is 9.59 Å². The molecule has 2 aromatic heterocycles. The second-order valence-electron chi connectivity index (χ2n) is 6.04. The van der Waals surface area contributed by atoms with Crippen LogP contribution in [0.15, 0.2) is 29.1 Å². The summed E-state index contributed by atoms with van der Waals surface area (Å²) in [5.74, 6) is 0.573. The van der Waals surface area contributed by atoms with Crippen LogP contribution in [0.4, 0.5) is 0 Å². The van der Waals surface area contributed by atoms with Crippen molar-refractivity contribution in [2.75, 3.05) is 7.05 Å². The number of rotatable bonds is 5. The van der Waals surface area contributed by atoms with Gasteiger partial charge in [0, 0.05) is 24.7 Å². The number of fused-ring (bicyclic) bond motifs is 1.